The monoisotopic (exact) mass is 564 g/mol. The van der Waals surface area contributed by atoms with Gasteiger partial charge in [0.2, 0.25) is 15.9 Å². The van der Waals surface area contributed by atoms with Crippen molar-refractivity contribution >= 4 is 27.4 Å². The Morgan fingerprint density at radius 1 is 1.15 bits per heavy atom. The number of halogens is 2. The second-order valence-electron chi connectivity index (χ2n) is 10.8. The van der Waals surface area contributed by atoms with Crippen LogP contribution in [0.4, 0.5) is 14.5 Å². The molecule has 0 saturated carbocycles. The lowest BCUT2D eigenvalue weighted by atomic mass is 9.68. The largest absolute Gasteiger partial charge is 0.374 e. The molecule has 2 aliphatic rings. The normalized spacial score (nSPS) is 19.5. The number of rotatable bonds is 9. The third kappa shape index (κ3) is 5.69. The van der Waals surface area contributed by atoms with Crippen molar-refractivity contribution in [3.05, 3.63) is 65.2 Å². The van der Waals surface area contributed by atoms with Crippen LogP contribution in [0.1, 0.15) is 37.8 Å². The molecule has 1 saturated heterocycles. The molecule has 4 N–H and O–H groups in total. The molecule has 1 unspecified atom stereocenters. The van der Waals surface area contributed by atoms with Crippen LogP contribution in [0.3, 0.4) is 0 Å². The van der Waals surface area contributed by atoms with Crippen molar-refractivity contribution in [2.75, 3.05) is 30.3 Å². The minimum atomic E-state index is -3.94. The number of fused-ring (bicyclic) bond motifs is 2. The fourth-order valence-electron chi connectivity index (χ4n) is 5.45. The minimum Gasteiger partial charge on any atom is -0.374 e. The van der Waals surface area contributed by atoms with Crippen molar-refractivity contribution in [2.45, 2.75) is 56.3 Å². The van der Waals surface area contributed by atoms with Crippen LogP contribution < -0.4 is 20.7 Å². The number of carbonyl (C=O) groups excluding carboxylic acids is 2. The zero-order chi connectivity index (χ0) is 28.6. The molecule has 0 aromatic heterocycles. The Labute approximate surface area is 227 Å². The fourth-order valence-corrected chi connectivity index (χ4v) is 6.66. The molecular weight excluding hydrogens is 530 g/mol. The zero-order valence-corrected chi connectivity index (χ0v) is 23.0. The van der Waals surface area contributed by atoms with Crippen LogP contribution in [0.15, 0.2) is 42.5 Å². The maximum absolute atomic E-state index is 14.4. The number of carbonyl (C=O) groups is 2. The summed E-state index contributed by atoms with van der Waals surface area (Å²) in [6.45, 7) is 3.09. The Bertz CT molecular complexity index is 1340. The second kappa shape index (κ2) is 10.9. The van der Waals surface area contributed by atoms with Gasteiger partial charge in [0.05, 0.1) is 30.7 Å². The van der Waals surface area contributed by atoms with Crippen LogP contribution in [0, 0.1) is 11.6 Å². The highest BCUT2D eigenvalue weighted by molar-refractivity contribution is 7.92. The molecule has 2 aliphatic heterocycles. The third-order valence-corrected chi connectivity index (χ3v) is 8.51. The molecule has 0 aliphatic carbocycles. The molecule has 9 nitrogen and oxygen atoms in total. The van der Waals surface area contributed by atoms with E-state index in [1.165, 1.54) is 19.9 Å². The first kappa shape index (κ1) is 29.1. The topological polar surface area (TPSA) is 131 Å². The number of piperidine rings is 1. The zero-order valence-electron chi connectivity index (χ0n) is 22.2. The Balaban J connectivity index is 1.73. The number of benzene rings is 2. The van der Waals surface area contributed by atoms with E-state index in [0.29, 0.717) is 31.6 Å². The first-order chi connectivity index (χ1) is 18.3. The Kier molecular flexibility index (Phi) is 8.13. The van der Waals surface area contributed by atoms with Crippen LogP contribution in [0.2, 0.25) is 0 Å². The van der Waals surface area contributed by atoms with Crippen molar-refractivity contribution < 1.29 is 31.5 Å². The number of hydrogen-bond acceptors (Lipinski definition) is 7. The predicted molar refractivity (Wildman–Crippen MR) is 143 cm³/mol. The molecule has 39 heavy (non-hydrogen) atoms. The molecule has 2 atom stereocenters. The van der Waals surface area contributed by atoms with E-state index in [0.717, 1.165) is 28.3 Å². The van der Waals surface area contributed by atoms with E-state index in [2.05, 4.69) is 10.6 Å². The molecule has 2 aromatic rings. The highest BCUT2D eigenvalue weighted by Crippen LogP contribution is 2.51. The van der Waals surface area contributed by atoms with Crippen LogP contribution in [0.5, 0.6) is 0 Å². The number of sulfonamides is 1. The summed E-state index contributed by atoms with van der Waals surface area (Å²) in [6.07, 6.45) is 2.01. The lowest BCUT2D eigenvalue weighted by Crippen LogP contribution is -2.63. The van der Waals surface area contributed by atoms with E-state index in [-0.39, 0.29) is 5.56 Å². The summed E-state index contributed by atoms with van der Waals surface area (Å²) in [5.74, 6) is -2.88. The molecule has 212 valence electrons. The van der Waals surface area contributed by atoms with Gasteiger partial charge in [-0.1, -0.05) is 24.3 Å². The number of Topliss-reactive ketones (excluding diaryl/α,β-unsaturated/α-hetero) is 1. The number of hydrogen-bond donors (Lipinski definition) is 3. The van der Waals surface area contributed by atoms with Gasteiger partial charge in [0.25, 0.3) is 0 Å². The quantitative estimate of drug-likeness (QED) is 0.423. The molecule has 4 rings (SSSR count). The van der Waals surface area contributed by atoms with E-state index in [1.54, 1.807) is 18.2 Å². The van der Waals surface area contributed by atoms with Crippen molar-refractivity contribution in [3.63, 3.8) is 0 Å². The van der Waals surface area contributed by atoms with E-state index >= 15 is 0 Å². The van der Waals surface area contributed by atoms with Crippen molar-refractivity contribution in [3.8, 4) is 0 Å². The van der Waals surface area contributed by atoms with Crippen LogP contribution >= 0.6 is 0 Å². The average molecular weight is 565 g/mol. The molecule has 1 spiro atoms. The molecule has 0 radical (unpaired) electrons. The van der Waals surface area contributed by atoms with E-state index in [1.807, 2.05) is 6.07 Å². The van der Waals surface area contributed by atoms with Gasteiger partial charge < -0.3 is 21.1 Å². The number of nitrogens with zero attached hydrogens (tertiary/aromatic N) is 1. The molecular formula is C27H34F2N4O5S. The first-order valence-corrected chi connectivity index (χ1v) is 14.6. The molecule has 0 bridgehead atoms. The van der Waals surface area contributed by atoms with Crippen molar-refractivity contribution in [2.24, 2.45) is 5.73 Å². The highest BCUT2D eigenvalue weighted by atomic mass is 32.2. The molecule has 12 heteroatoms. The number of para-hydroxylation sites is 1. The van der Waals surface area contributed by atoms with Crippen LogP contribution in [-0.4, -0.2) is 63.7 Å². The third-order valence-electron chi connectivity index (χ3n) is 7.38. The van der Waals surface area contributed by atoms with E-state index in [9.17, 15) is 26.8 Å². The fraction of sp³-hybridized carbons (Fsp3) is 0.481. The number of ether oxygens (including phenoxy) is 1. The van der Waals surface area contributed by atoms with Gasteiger partial charge in [0.15, 0.2) is 5.78 Å². The number of amides is 1. The summed E-state index contributed by atoms with van der Waals surface area (Å²) < 4.78 is 61.3. The summed E-state index contributed by atoms with van der Waals surface area (Å²) in [4.78, 5) is 27.3. The smallest absolute Gasteiger partial charge is 0.240 e. The maximum Gasteiger partial charge on any atom is 0.240 e. The maximum atomic E-state index is 14.4. The Hall–Kier alpha value is -2.93. The lowest BCUT2D eigenvalue weighted by Gasteiger charge is -2.42. The number of nitrogens with one attached hydrogen (secondary N) is 2. The number of anilines is 1. The summed E-state index contributed by atoms with van der Waals surface area (Å²) in [5.41, 5.74) is 4.59. The van der Waals surface area contributed by atoms with Gasteiger partial charge in [-0.05, 0) is 63.5 Å². The number of ketones is 1. The summed E-state index contributed by atoms with van der Waals surface area (Å²) in [6, 6.07) is 7.89. The van der Waals surface area contributed by atoms with Gasteiger partial charge in [-0.2, -0.15) is 0 Å². The summed E-state index contributed by atoms with van der Waals surface area (Å²) in [5, 5.41) is 5.87. The molecule has 1 amide bonds. The second-order valence-corrected chi connectivity index (χ2v) is 12.6. The molecule has 2 heterocycles. The lowest BCUT2D eigenvalue weighted by molar-refractivity contribution is -0.133. The van der Waals surface area contributed by atoms with Crippen LogP contribution in [-0.2, 0) is 36.4 Å². The summed E-state index contributed by atoms with van der Waals surface area (Å²) in [7, 11) is -3.94. The van der Waals surface area contributed by atoms with Crippen molar-refractivity contribution in [1.29, 1.82) is 0 Å². The minimum absolute atomic E-state index is 0.324. The van der Waals surface area contributed by atoms with Crippen molar-refractivity contribution in [1.82, 2.24) is 10.6 Å². The Morgan fingerprint density at radius 3 is 2.36 bits per heavy atom. The van der Waals surface area contributed by atoms with Gasteiger partial charge in [0.1, 0.15) is 23.7 Å². The average Bonchev–Trinajstić information content (AvgIpc) is 3.14. The van der Waals surface area contributed by atoms with Gasteiger partial charge in [-0.15, -0.1) is 0 Å². The molecule has 1 fully saturated rings. The van der Waals surface area contributed by atoms with Gasteiger partial charge in [-0.25, -0.2) is 17.2 Å². The summed E-state index contributed by atoms with van der Waals surface area (Å²) >= 11 is 0. The van der Waals surface area contributed by atoms with E-state index < -0.39 is 69.6 Å². The molecule has 2 aromatic carbocycles. The van der Waals surface area contributed by atoms with Gasteiger partial charge in [-0.3, -0.25) is 13.9 Å². The van der Waals surface area contributed by atoms with Gasteiger partial charge >= 0.3 is 0 Å². The SMILES string of the molecule is CC(C)(N)C(=O)N[C@H](COCc1c(F)cccc1F)C(=O)C1N(S(C)(=O)=O)c2ccccc2C12CCNCC2. The van der Waals surface area contributed by atoms with Crippen LogP contribution in [0.25, 0.3) is 0 Å². The number of nitrogens with two attached hydrogens (primary N) is 1. The first-order valence-electron chi connectivity index (χ1n) is 12.7. The highest BCUT2D eigenvalue weighted by Gasteiger charge is 2.58. The predicted octanol–water partition coefficient (Wildman–Crippen LogP) is 1.74. The van der Waals surface area contributed by atoms with Gasteiger partial charge in [0, 0.05) is 11.0 Å². The standard InChI is InChI=1S/C27H34F2N4O5S/c1-26(2,30)25(35)32-21(16-38-15-17-19(28)8-6-9-20(17)29)23(34)24-27(11-13-31-14-12-27)18-7-4-5-10-22(18)33(24)39(3,36)37/h4-10,21,24,31H,11-16,30H2,1-3H3,(H,32,35)/t21-,24?/m1/s1. The van der Waals surface area contributed by atoms with E-state index in [4.69, 9.17) is 10.5 Å². The Morgan fingerprint density at radius 2 is 1.77 bits per heavy atom.